The van der Waals surface area contributed by atoms with Crippen molar-refractivity contribution >= 4 is 33.2 Å². The van der Waals surface area contributed by atoms with Gasteiger partial charge in [0, 0.05) is 22.0 Å². The molecular formula is C23H23BrN2O4S. The Kier molecular flexibility index (Phi) is 8.08. The molecule has 1 amide bonds. The van der Waals surface area contributed by atoms with Gasteiger partial charge in [-0.2, -0.15) is 0 Å². The predicted octanol–water partition coefficient (Wildman–Crippen LogP) is 5.33. The van der Waals surface area contributed by atoms with Crippen molar-refractivity contribution < 1.29 is 19.0 Å². The lowest BCUT2D eigenvalue weighted by atomic mass is 10.2. The van der Waals surface area contributed by atoms with Gasteiger partial charge in [-0.05, 0) is 30.3 Å². The van der Waals surface area contributed by atoms with Crippen LogP contribution < -0.4 is 14.2 Å². The topological polar surface area (TPSA) is 60.9 Å². The van der Waals surface area contributed by atoms with Gasteiger partial charge >= 0.3 is 0 Å². The minimum atomic E-state index is -0.0780. The Labute approximate surface area is 194 Å². The molecule has 2 aromatic carbocycles. The summed E-state index contributed by atoms with van der Waals surface area (Å²) in [5.74, 6) is 1.63. The molecule has 0 fully saturated rings. The fourth-order valence-electron chi connectivity index (χ4n) is 2.96. The molecule has 1 aromatic heterocycles. The Morgan fingerprint density at radius 3 is 2.55 bits per heavy atom. The van der Waals surface area contributed by atoms with Crippen LogP contribution in [-0.4, -0.2) is 36.6 Å². The second kappa shape index (κ2) is 11.0. The van der Waals surface area contributed by atoms with Crippen LogP contribution in [0.4, 0.5) is 0 Å². The minimum absolute atomic E-state index is 0.0780. The average molecular weight is 503 g/mol. The SMILES string of the molecule is C=CCN(Cc1csc(COc2c(OC)cccc2OC)n1)C(=O)c1cccc(Br)c1. The van der Waals surface area contributed by atoms with E-state index in [9.17, 15) is 4.79 Å². The van der Waals surface area contributed by atoms with E-state index in [2.05, 4.69) is 27.5 Å². The minimum Gasteiger partial charge on any atom is -0.493 e. The summed E-state index contributed by atoms with van der Waals surface area (Å²) in [6, 6.07) is 12.8. The molecule has 31 heavy (non-hydrogen) atoms. The first-order valence-electron chi connectivity index (χ1n) is 9.48. The molecule has 0 radical (unpaired) electrons. The van der Waals surface area contributed by atoms with E-state index >= 15 is 0 Å². The Bertz CT molecular complexity index is 1030. The van der Waals surface area contributed by atoms with E-state index in [1.165, 1.54) is 11.3 Å². The molecule has 0 atom stereocenters. The normalized spacial score (nSPS) is 10.4. The predicted molar refractivity (Wildman–Crippen MR) is 125 cm³/mol. The summed E-state index contributed by atoms with van der Waals surface area (Å²) in [5.41, 5.74) is 1.40. The van der Waals surface area contributed by atoms with Crippen molar-refractivity contribution in [3.63, 3.8) is 0 Å². The molecule has 0 bridgehead atoms. The molecule has 8 heteroatoms. The van der Waals surface area contributed by atoms with E-state index in [4.69, 9.17) is 14.2 Å². The number of hydrogen-bond acceptors (Lipinski definition) is 6. The number of benzene rings is 2. The fraction of sp³-hybridized carbons (Fsp3) is 0.217. The molecule has 3 rings (SSSR count). The zero-order valence-electron chi connectivity index (χ0n) is 17.3. The van der Waals surface area contributed by atoms with Crippen LogP contribution >= 0.6 is 27.3 Å². The van der Waals surface area contributed by atoms with Crippen molar-refractivity contribution in [2.24, 2.45) is 0 Å². The summed E-state index contributed by atoms with van der Waals surface area (Å²) < 4.78 is 17.5. The summed E-state index contributed by atoms with van der Waals surface area (Å²) in [5, 5.41) is 2.72. The van der Waals surface area contributed by atoms with Gasteiger partial charge in [-0.3, -0.25) is 4.79 Å². The third-order valence-corrected chi connectivity index (χ3v) is 5.75. The largest absolute Gasteiger partial charge is 0.493 e. The third kappa shape index (κ3) is 5.86. The first-order chi connectivity index (χ1) is 15.0. The molecule has 0 spiro atoms. The molecule has 1 heterocycles. The summed E-state index contributed by atoms with van der Waals surface area (Å²) in [6.07, 6.45) is 1.71. The van der Waals surface area contributed by atoms with Crippen molar-refractivity contribution in [2.45, 2.75) is 13.2 Å². The molecule has 0 saturated heterocycles. The lowest BCUT2D eigenvalue weighted by molar-refractivity contribution is 0.0761. The highest BCUT2D eigenvalue weighted by molar-refractivity contribution is 9.10. The first-order valence-corrected chi connectivity index (χ1v) is 11.2. The summed E-state index contributed by atoms with van der Waals surface area (Å²) in [7, 11) is 3.17. The lowest BCUT2D eigenvalue weighted by Crippen LogP contribution is -2.30. The molecule has 0 N–H and O–H groups in total. The second-order valence-corrected chi connectivity index (χ2v) is 8.36. The number of para-hydroxylation sites is 1. The van der Waals surface area contributed by atoms with E-state index in [1.807, 2.05) is 35.7 Å². The number of aromatic nitrogens is 1. The number of amides is 1. The number of carbonyl (C=O) groups excluding carboxylic acids is 1. The van der Waals surface area contributed by atoms with Crippen LogP contribution in [0, 0.1) is 0 Å². The number of halogens is 1. The van der Waals surface area contributed by atoms with Crippen LogP contribution in [-0.2, 0) is 13.2 Å². The molecule has 0 aliphatic carbocycles. The Hall–Kier alpha value is -2.84. The highest BCUT2D eigenvalue weighted by Crippen LogP contribution is 2.37. The van der Waals surface area contributed by atoms with Gasteiger partial charge in [-0.1, -0.05) is 34.1 Å². The molecule has 6 nitrogen and oxygen atoms in total. The molecule has 3 aromatic rings. The number of hydrogen-bond donors (Lipinski definition) is 0. The van der Waals surface area contributed by atoms with Crippen LogP contribution in [0.1, 0.15) is 21.1 Å². The van der Waals surface area contributed by atoms with Gasteiger partial charge in [0.1, 0.15) is 11.6 Å². The van der Waals surface area contributed by atoms with Crippen LogP contribution in [0.2, 0.25) is 0 Å². The van der Waals surface area contributed by atoms with E-state index < -0.39 is 0 Å². The van der Waals surface area contributed by atoms with E-state index in [1.54, 1.807) is 37.3 Å². The van der Waals surface area contributed by atoms with Crippen molar-refractivity contribution in [2.75, 3.05) is 20.8 Å². The van der Waals surface area contributed by atoms with Gasteiger partial charge < -0.3 is 19.1 Å². The third-order valence-electron chi connectivity index (χ3n) is 4.38. The first kappa shape index (κ1) is 22.8. The van der Waals surface area contributed by atoms with E-state index in [-0.39, 0.29) is 12.5 Å². The number of thiazole rings is 1. The van der Waals surface area contributed by atoms with Gasteiger partial charge in [0.2, 0.25) is 5.75 Å². The maximum absolute atomic E-state index is 12.9. The summed E-state index contributed by atoms with van der Waals surface area (Å²) in [4.78, 5) is 19.3. The van der Waals surface area contributed by atoms with Crippen molar-refractivity contribution in [3.05, 3.63) is 81.2 Å². The van der Waals surface area contributed by atoms with Gasteiger partial charge in [0.25, 0.3) is 5.91 Å². The Morgan fingerprint density at radius 1 is 1.19 bits per heavy atom. The highest BCUT2D eigenvalue weighted by atomic mass is 79.9. The number of nitrogens with zero attached hydrogens (tertiary/aromatic N) is 2. The smallest absolute Gasteiger partial charge is 0.254 e. The van der Waals surface area contributed by atoms with Crippen LogP contribution in [0.5, 0.6) is 17.2 Å². The molecular weight excluding hydrogens is 480 g/mol. The standard InChI is InChI=1S/C23H23BrN2O4S/c1-4-11-26(23(27)16-7-5-8-17(24)12-16)13-18-15-31-21(25-18)14-30-22-19(28-2)9-6-10-20(22)29-3/h4-10,12,15H,1,11,13-14H2,2-3H3. The average Bonchev–Trinajstić information content (AvgIpc) is 3.23. The molecule has 0 saturated carbocycles. The van der Waals surface area contributed by atoms with Crippen molar-refractivity contribution in [1.29, 1.82) is 0 Å². The van der Waals surface area contributed by atoms with Crippen LogP contribution in [0.3, 0.4) is 0 Å². The van der Waals surface area contributed by atoms with Gasteiger partial charge in [0.15, 0.2) is 11.5 Å². The zero-order valence-corrected chi connectivity index (χ0v) is 19.7. The number of methoxy groups -OCH3 is 2. The van der Waals surface area contributed by atoms with Crippen molar-refractivity contribution in [1.82, 2.24) is 9.88 Å². The Morgan fingerprint density at radius 2 is 1.90 bits per heavy atom. The number of carbonyl (C=O) groups is 1. The van der Waals surface area contributed by atoms with Gasteiger partial charge in [-0.25, -0.2) is 4.98 Å². The lowest BCUT2D eigenvalue weighted by Gasteiger charge is -2.20. The van der Waals surface area contributed by atoms with Crippen molar-refractivity contribution in [3.8, 4) is 17.2 Å². The fourth-order valence-corrected chi connectivity index (χ4v) is 4.05. The quantitative estimate of drug-likeness (QED) is 0.350. The van der Waals surface area contributed by atoms with Gasteiger partial charge in [0.05, 0.1) is 26.5 Å². The van der Waals surface area contributed by atoms with Crippen LogP contribution in [0.25, 0.3) is 0 Å². The van der Waals surface area contributed by atoms with E-state index in [0.717, 1.165) is 15.2 Å². The van der Waals surface area contributed by atoms with Gasteiger partial charge in [-0.15, -0.1) is 17.9 Å². The van der Waals surface area contributed by atoms with E-state index in [0.29, 0.717) is 35.9 Å². The maximum Gasteiger partial charge on any atom is 0.254 e. The summed E-state index contributed by atoms with van der Waals surface area (Å²) in [6.45, 7) is 4.84. The molecule has 162 valence electrons. The van der Waals surface area contributed by atoms with Crippen LogP contribution in [0.15, 0.2) is 65.0 Å². The summed E-state index contributed by atoms with van der Waals surface area (Å²) >= 11 is 4.89. The number of rotatable bonds is 10. The molecule has 0 unspecified atom stereocenters. The zero-order chi connectivity index (χ0) is 22.2. The number of ether oxygens (including phenoxy) is 3. The second-order valence-electron chi connectivity index (χ2n) is 6.50. The monoisotopic (exact) mass is 502 g/mol. The molecule has 0 aliphatic rings. The maximum atomic E-state index is 12.9. The highest BCUT2D eigenvalue weighted by Gasteiger charge is 2.17. The molecule has 0 aliphatic heterocycles. The Balaban J connectivity index is 1.70.